The van der Waals surface area contributed by atoms with E-state index in [-0.39, 0.29) is 0 Å². The zero-order valence-corrected chi connectivity index (χ0v) is 10.8. The van der Waals surface area contributed by atoms with Crippen molar-refractivity contribution in [3.63, 3.8) is 0 Å². The fraction of sp³-hybridized carbons (Fsp3) is 0.667. The van der Waals surface area contributed by atoms with Crippen LogP contribution in [0.25, 0.3) is 0 Å². The Hall–Kier alpha value is -1.12. The minimum Gasteiger partial charge on any atom is -0.345 e. The fourth-order valence-corrected chi connectivity index (χ4v) is 3.26. The first-order valence-electron chi connectivity index (χ1n) is 6.14. The van der Waals surface area contributed by atoms with Crippen LogP contribution in [0.2, 0.25) is 0 Å². The van der Waals surface area contributed by atoms with Gasteiger partial charge in [0.1, 0.15) is 10.9 Å². The number of hydrogen-bond acceptors (Lipinski definition) is 5. The normalized spacial score (nSPS) is 21.5. The molecule has 1 saturated heterocycles. The number of anilines is 1. The minimum atomic E-state index is 0.754. The van der Waals surface area contributed by atoms with E-state index in [1.807, 2.05) is 6.92 Å². The molecule has 3 rings (SSSR count). The van der Waals surface area contributed by atoms with Gasteiger partial charge in [0.15, 0.2) is 5.13 Å². The number of nitrogens with zero attached hydrogens (tertiary/aromatic N) is 4. The van der Waals surface area contributed by atoms with Crippen molar-refractivity contribution in [2.75, 3.05) is 31.1 Å². The van der Waals surface area contributed by atoms with Gasteiger partial charge in [0, 0.05) is 32.2 Å². The van der Waals surface area contributed by atoms with Gasteiger partial charge in [-0.25, -0.2) is 4.98 Å². The van der Waals surface area contributed by atoms with Crippen LogP contribution in [0.5, 0.6) is 0 Å². The van der Waals surface area contributed by atoms with Crippen LogP contribution in [0, 0.1) is 18.3 Å². The molecule has 0 radical (unpaired) electrons. The highest BCUT2D eigenvalue weighted by molar-refractivity contribution is 7.16. The highest BCUT2D eigenvalue weighted by Crippen LogP contribution is 2.30. The maximum Gasteiger partial charge on any atom is 0.186 e. The lowest BCUT2D eigenvalue weighted by Crippen LogP contribution is -2.47. The van der Waals surface area contributed by atoms with Gasteiger partial charge in [0.2, 0.25) is 0 Å². The lowest BCUT2D eigenvalue weighted by atomic mass is 10.3. The van der Waals surface area contributed by atoms with Crippen molar-refractivity contribution in [1.82, 2.24) is 9.88 Å². The third kappa shape index (κ3) is 2.15. The molecule has 2 fully saturated rings. The average Bonchev–Trinajstić information content (AvgIpc) is 3.13. The summed E-state index contributed by atoms with van der Waals surface area (Å²) in [6.45, 7) is 6.30. The Morgan fingerprint density at radius 1 is 1.29 bits per heavy atom. The van der Waals surface area contributed by atoms with Gasteiger partial charge >= 0.3 is 0 Å². The summed E-state index contributed by atoms with van der Waals surface area (Å²) in [5, 5.41) is 9.97. The monoisotopic (exact) mass is 248 g/mol. The van der Waals surface area contributed by atoms with E-state index in [2.05, 4.69) is 20.9 Å². The van der Waals surface area contributed by atoms with E-state index < -0.39 is 0 Å². The van der Waals surface area contributed by atoms with E-state index in [9.17, 15) is 0 Å². The Morgan fingerprint density at radius 3 is 2.53 bits per heavy atom. The topological polar surface area (TPSA) is 43.2 Å². The average molecular weight is 248 g/mol. The molecule has 1 saturated carbocycles. The van der Waals surface area contributed by atoms with E-state index in [4.69, 9.17) is 5.26 Å². The Bertz CT molecular complexity index is 450. The molecule has 0 amide bonds. The molecule has 1 aromatic rings. The van der Waals surface area contributed by atoms with E-state index in [0.717, 1.165) is 47.9 Å². The van der Waals surface area contributed by atoms with Crippen LogP contribution in [0.4, 0.5) is 5.13 Å². The van der Waals surface area contributed by atoms with Gasteiger partial charge in [-0.3, -0.25) is 4.90 Å². The maximum atomic E-state index is 8.95. The van der Waals surface area contributed by atoms with Crippen LogP contribution in [0.1, 0.15) is 23.4 Å². The molecule has 90 valence electrons. The Labute approximate surface area is 105 Å². The molecule has 1 aliphatic carbocycles. The Morgan fingerprint density at radius 2 is 2.00 bits per heavy atom. The number of hydrogen-bond donors (Lipinski definition) is 0. The Kier molecular flexibility index (Phi) is 2.77. The lowest BCUT2D eigenvalue weighted by molar-refractivity contribution is 0.248. The van der Waals surface area contributed by atoms with Crippen molar-refractivity contribution in [2.24, 2.45) is 0 Å². The molecule has 1 aromatic heterocycles. The van der Waals surface area contributed by atoms with Gasteiger partial charge in [-0.05, 0) is 19.8 Å². The summed E-state index contributed by atoms with van der Waals surface area (Å²) in [7, 11) is 0. The van der Waals surface area contributed by atoms with Crippen LogP contribution in [-0.4, -0.2) is 42.1 Å². The summed E-state index contributed by atoms with van der Waals surface area (Å²) < 4.78 is 0. The minimum absolute atomic E-state index is 0.754. The van der Waals surface area contributed by atoms with E-state index >= 15 is 0 Å². The summed E-state index contributed by atoms with van der Waals surface area (Å²) in [6.07, 6.45) is 2.77. The number of nitriles is 1. The highest BCUT2D eigenvalue weighted by Gasteiger charge is 2.31. The summed E-state index contributed by atoms with van der Waals surface area (Å²) >= 11 is 1.53. The van der Waals surface area contributed by atoms with Crippen molar-refractivity contribution >= 4 is 16.5 Å². The number of thiazole rings is 1. The van der Waals surface area contributed by atoms with Gasteiger partial charge in [-0.2, -0.15) is 5.26 Å². The predicted octanol–water partition coefficient (Wildman–Crippen LogP) is 1.61. The molecule has 0 spiro atoms. The second-order valence-corrected chi connectivity index (χ2v) is 5.75. The molecule has 0 atom stereocenters. The zero-order chi connectivity index (χ0) is 11.8. The fourth-order valence-electron chi connectivity index (χ4n) is 2.34. The second kappa shape index (κ2) is 4.28. The highest BCUT2D eigenvalue weighted by atomic mass is 32.1. The molecule has 1 aliphatic heterocycles. The summed E-state index contributed by atoms with van der Waals surface area (Å²) in [5.41, 5.74) is 0.872. The van der Waals surface area contributed by atoms with Crippen LogP contribution in [0.15, 0.2) is 0 Å². The van der Waals surface area contributed by atoms with Crippen molar-refractivity contribution in [2.45, 2.75) is 25.8 Å². The molecule has 0 N–H and O–H groups in total. The largest absolute Gasteiger partial charge is 0.345 e. The van der Waals surface area contributed by atoms with E-state index in [0.29, 0.717) is 0 Å². The summed E-state index contributed by atoms with van der Waals surface area (Å²) in [4.78, 5) is 10.2. The first-order valence-corrected chi connectivity index (χ1v) is 6.96. The number of aryl methyl sites for hydroxylation is 1. The van der Waals surface area contributed by atoms with Gasteiger partial charge < -0.3 is 4.90 Å². The number of aromatic nitrogens is 1. The number of rotatable bonds is 2. The third-order valence-corrected chi connectivity index (χ3v) is 4.66. The molecule has 0 bridgehead atoms. The van der Waals surface area contributed by atoms with Gasteiger partial charge in [0.05, 0.1) is 5.69 Å². The summed E-state index contributed by atoms with van der Waals surface area (Å²) in [6, 6.07) is 3.08. The van der Waals surface area contributed by atoms with Gasteiger partial charge in [0.25, 0.3) is 0 Å². The van der Waals surface area contributed by atoms with Crippen molar-refractivity contribution in [3.05, 3.63) is 10.6 Å². The number of piperazine rings is 1. The molecule has 4 nitrogen and oxygen atoms in total. The van der Waals surface area contributed by atoms with Gasteiger partial charge in [-0.1, -0.05) is 11.3 Å². The standard InChI is InChI=1S/C12H16N4S/c1-9-11(8-13)17-12(14-9)16-6-4-15(5-7-16)10-2-3-10/h10H,2-7H2,1H3. The van der Waals surface area contributed by atoms with E-state index in [1.165, 1.54) is 24.2 Å². The second-order valence-electron chi connectivity index (χ2n) is 4.78. The van der Waals surface area contributed by atoms with Crippen LogP contribution >= 0.6 is 11.3 Å². The first kappa shape index (κ1) is 11.0. The molecule has 0 unspecified atom stereocenters. The molecular formula is C12H16N4S. The van der Waals surface area contributed by atoms with Crippen molar-refractivity contribution in [1.29, 1.82) is 5.26 Å². The lowest BCUT2D eigenvalue weighted by Gasteiger charge is -2.34. The van der Waals surface area contributed by atoms with Crippen LogP contribution < -0.4 is 4.90 Å². The quantitative estimate of drug-likeness (QED) is 0.797. The Balaban J connectivity index is 1.67. The first-order chi connectivity index (χ1) is 8.28. The summed E-state index contributed by atoms with van der Waals surface area (Å²) in [5.74, 6) is 0. The molecule has 5 heteroatoms. The van der Waals surface area contributed by atoms with Gasteiger partial charge in [-0.15, -0.1) is 0 Å². The maximum absolute atomic E-state index is 8.95. The van der Waals surface area contributed by atoms with Crippen molar-refractivity contribution < 1.29 is 0 Å². The third-order valence-electron chi connectivity index (χ3n) is 3.53. The van der Waals surface area contributed by atoms with E-state index in [1.54, 1.807) is 0 Å². The molecular weight excluding hydrogens is 232 g/mol. The SMILES string of the molecule is Cc1nc(N2CCN(C3CC3)CC2)sc1C#N. The molecule has 17 heavy (non-hydrogen) atoms. The van der Waals surface area contributed by atoms with Crippen LogP contribution in [-0.2, 0) is 0 Å². The van der Waals surface area contributed by atoms with Crippen LogP contribution in [0.3, 0.4) is 0 Å². The zero-order valence-electron chi connectivity index (χ0n) is 10.0. The predicted molar refractivity (Wildman–Crippen MR) is 68.4 cm³/mol. The smallest absolute Gasteiger partial charge is 0.186 e. The molecule has 2 heterocycles. The molecule has 0 aromatic carbocycles. The molecule has 2 aliphatic rings. The van der Waals surface area contributed by atoms with Crippen molar-refractivity contribution in [3.8, 4) is 6.07 Å².